The van der Waals surface area contributed by atoms with E-state index in [1.807, 2.05) is 12.1 Å². The first kappa shape index (κ1) is 11.1. The van der Waals surface area contributed by atoms with Crippen molar-refractivity contribution in [2.24, 2.45) is 0 Å². The molecule has 2 N–H and O–H groups in total. The molecule has 18 heavy (non-hydrogen) atoms. The van der Waals surface area contributed by atoms with Crippen LogP contribution in [0.25, 0.3) is 11.3 Å². The maximum absolute atomic E-state index is 12.8. The van der Waals surface area contributed by atoms with Crippen molar-refractivity contribution in [2.45, 2.75) is 6.04 Å². The molecule has 0 aliphatic carbocycles. The van der Waals surface area contributed by atoms with E-state index in [9.17, 15) is 4.39 Å². The molecular formula is C13H13FN4. The minimum Gasteiger partial charge on any atom is -0.363 e. The highest BCUT2D eigenvalue weighted by Crippen LogP contribution is 2.17. The second-order valence-corrected chi connectivity index (χ2v) is 4.31. The van der Waals surface area contributed by atoms with Crippen molar-refractivity contribution >= 4 is 5.82 Å². The topological polar surface area (TPSA) is 49.8 Å². The predicted molar refractivity (Wildman–Crippen MR) is 67.7 cm³/mol. The Morgan fingerprint density at radius 2 is 1.83 bits per heavy atom. The maximum atomic E-state index is 12.8. The zero-order valence-electron chi connectivity index (χ0n) is 9.73. The molecule has 0 saturated carbocycles. The van der Waals surface area contributed by atoms with E-state index in [4.69, 9.17) is 0 Å². The van der Waals surface area contributed by atoms with E-state index >= 15 is 0 Å². The van der Waals surface area contributed by atoms with Crippen LogP contribution in [0, 0.1) is 5.82 Å². The number of nitrogens with zero attached hydrogens (tertiary/aromatic N) is 2. The van der Waals surface area contributed by atoms with Gasteiger partial charge in [0, 0.05) is 18.7 Å². The van der Waals surface area contributed by atoms with Gasteiger partial charge in [0.1, 0.15) is 11.6 Å². The smallest absolute Gasteiger partial charge is 0.148 e. The number of halogens is 1. The summed E-state index contributed by atoms with van der Waals surface area (Å²) in [5.41, 5.74) is 1.60. The minimum atomic E-state index is -0.248. The number of nitrogens with one attached hydrogen (secondary N) is 2. The summed E-state index contributed by atoms with van der Waals surface area (Å²) in [5, 5.41) is 14.7. The second kappa shape index (κ2) is 4.70. The molecular weight excluding hydrogens is 231 g/mol. The van der Waals surface area contributed by atoms with Crippen molar-refractivity contribution in [3.63, 3.8) is 0 Å². The van der Waals surface area contributed by atoms with Crippen molar-refractivity contribution in [2.75, 3.05) is 18.4 Å². The molecule has 92 valence electrons. The summed E-state index contributed by atoms with van der Waals surface area (Å²) in [6.45, 7) is 1.92. The SMILES string of the molecule is Fc1ccc(-c2ccc(NC3CNC3)nn2)cc1. The molecule has 1 aromatic carbocycles. The van der Waals surface area contributed by atoms with Crippen LogP contribution >= 0.6 is 0 Å². The average Bonchev–Trinajstić information content (AvgIpc) is 2.36. The summed E-state index contributed by atoms with van der Waals surface area (Å²) in [4.78, 5) is 0. The minimum absolute atomic E-state index is 0.248. The lowest BCUT2D eigenvalue weighted by Crippen LogP contribution is -2.51. The Balaban J connectivity index is 1.75. The van der Waals surface area contributed by atoms with Crippen LogP contribution in [0.1, 0.15) is 0 Å². The number of hydrogen-bond acceptors (Lipinski definition) is 4. The van der Waals surface area contributed by atoms with Crippen molar-refractivity contribution < 1.29 is 4.39 Å². The summed E-state index contributed by atoms with van der Waals surface area (Å²) in [6, 6.07) is 10.5. The van der Waals surface area contributed by atoms with Gasteiger partial charge in [-0.1, -0.05) is 0 Å². The molecule has 1 saturated heterocycles. The quantitative estimate of drug-likeness (QED) is 0.862. The molecule has 4 nitrogen and oxygen atoms in total. The van der Waals surface area contributed by atoms with Gasteiger partial charge in [-0.2, -0.15) is 0 Å². The fourth-order valence-corrected chi connectivity index (χ4v) is 1.78. The predicted octanol–water partition coefficient (Wildman–Crippen LogP) is 1.67. The molecule has 0 unspecified atom stereocenters. The monoisotopic (exact) mass is 244 g/mol. The molecule has 1 aliphatic rings. The zero-order valence-corrected chi connectivity index (χ0v) is 9.73. The van der Waals surface area contributed by atoms with Crippen molar-refractivity contribution in [1.29, 1.82) is 0 Å². The third-order valence-electron chi connectivity index (χ3n) is 2.94. The molecule has 1 aromatic heterocycles. The lowest BCUT2D eigenvalue weighted by atomic mass is 10.1. The largest absolute Gasteiger partial charge is 0.363 e. The number of rotatable bonds is 3. The molecule has 0 spiro atoms. The van der Waals surface area contributed by atoms with Gasteiger partial charge in [-0.15, -0.1) is 10.2 Å². The Morgan fingerprint density at radius 3 is 2.39 bits per heavy atom. The van der Waals surface area contributed by atoms with Gasteiger partial charge >= 0.3 is 0 Å². The van der Waals surface area contributed by atoms with Crippen molar-refractivity contribution in [1.82, 2.24) is 15.5 Å². The van der Waals surface area contributed by atoms with Crippen molar-refractivity contribution in [3.8, 4) is 11.3 Å². The summed E-state index contributed by atoms with van der Waals surface area (Å²) in [6.07, 6.45) is 0. The number of benzene rings is 1. The fourth-order valence-electron chi connectivity index (χ4n) is 1.78. The van der Waals surface area contributed by atoms with E-state index in [0.29, 0.717) is 6.04 Å². The van der Waals surface area contributed by atoms with E-state index in [2.05, 4.69) is 20.8 Å². The van der Waals surface area contributed by atoms with Gasteiger partial charge in [0.15, 0.2) is 0 Å². The Kier molecular flexibility index (Phi) is 2.90. The first-order chi connectivity index (χ1) is 8.81. The van der Waals surface area contributed by atoms with Crippen LogP contribution in [-0.2, 0) is 0 Å². The first-order valence-corrected chi connectivity index (χ1v) is 5.88. The highest BCUT2D eigenvalue weighted by atomic mass is 19.1. The van der Waals surface area contributed by atoms with E-state index in [1.54, 1.807) is 12.1 Å². The standard InChI is InChI=1S/C13H13FN4/c14-10-3-1-9(2-4-10)12-5-6-13(18-17-12)16-11-7-15-8-11/h1-6,11,15H,7-8H2,(H,16,18). The summed E-state index contributed by atoms with van der Waals surface area (Å²) in [7, 11) is 0. The summed E-state index contributed by atoms with van der Waals surface area (Å²) >= 11 is 0. The van der Waals surface area contributed by atoms with Crippen LogP contribution in [0.15, 0.2) is 36.4 Å². The molecule has 0 radical (unpaired) electrons. The van der Waals surface area contributed by atoms with Gasteiger partial charge in [-0.3, -0.25) is 0 Å². The lowest BCUT2D eigenvalue weighted by Gasteiger charge is -2.28. The van der Waals surface area contributed by atoms with Gasteiger partial charge in [0.25, 0.3) is 0 Å². The molecule has 2 heterocycles. The van der Waals surface area contributed by atoms with Gasteiger partial charge in [-0.25, -0.2) is 4.39 Å². The normalized spacial score (nSPS) is 15.2. The second-order valence-electron chi connectivity index (χ2n) is 4.31. The van der Waals surface area contributed by atoms with E-state index in [0.717, 1.165) is 30.2 Å². The number of anilines is 1. The number of aromatic nitrogens is 2. The van der Waals surface area contributed by atoms with Gasteiger partial charge < -0.3 is 10.6 Å². The van der Waals surface area contributed by atoms with Gasteiger partial charge in [-0.05, 0) is 36.4 Å². The maximum Gasteiger partial charge on any atom is 0.148 e. The molecule has 3 rings (SSSR count). The molecule has 1 aliphatic heterocycles. The van der Waals surface area contributed by atoms with Gasteiger partial charge in [0.2, 0.25) is 0 Å². The highest BCUT2D eigenvalue weighted by molar-refractivity contribution is 5.59. The molecule has 0 bridgehead atoms. The van der Waals surface area contributed by atoms with E-state index in [-0.39, 0.29) is 5.82 Å². The molecule has 1 fully saturated rings. The third-order valence-corrected chi connectivity index (χ3v) is 2.94. The highest BCUT2D eigenvalue weighted by Gasteiger charge is 2.16. The van der Waals surface area contributed by atoms with Gasteiger partial charge in [0.05, 0.1) is 11.7 Å². The van der Waals surface area contributed by atoms with Crippen LogP contribution in [0.3, 0.4) is 0 Å². The third kappa shape index (κ3) is 2.31. The fraction of sp³-hybridized carbons (Fsp3) is 0.231. The van der Waals surface area contributed by atoms with E-state index in [1.165, 1.54) is 12.1 Å². The van der Waals surface area contributed by atoms with Crippen LogP contribution < -0.4 is 10.6 Å². The Morgan fingerprint density at radius 1 is 1.06 bits per heavy atom. The zero-order chi connectivity index (χ0) is 12.4. The first-order valence-electron chi connectivity index (χ1n) is 5.88. The Labute approximate surface area is 104 Å². The molecule has 5 heteroatoms. The molecule has 0 amide bonds. The molecule has 2 aromatic rings. The Hall–Kier alpha value is -2.01. The van der Waals surface area contributed by atoms with E-state index < -0.39 is 0 Å². The summed E-state index contributed by atoms with van der Waals surface area (Å²) < 4.78 is 12.8. The molecule has 0 atom stereocenters. The van der Waals surface area contributed by atoms with Crippen molar-refractivity contribution in [3.05, 3.63) is 42.2 Å². The Bertz CT molecular complexity index is 520. The summed E-state index contributed by atoms with van der Waals surface area (Å²) in [5.74, 6) is 0.523. The van der Waals surface area contributed by atoms with Crippen LogP contribution in [0.2, 0.25) is 0 Å². The number of hydrogen-bond donors (Lipinski definition) is 2. The lowest BCUT2D eigenvalue weighted by molar-refractivity contribution is 0.470. The van der Waals surface area contributed by atoms with Crippen LogP contribution in [-0.4, -0.2) is 29.3 Å². The van der Waals surface area contributed by atoms with Crippen LogP contribution in [0.4, 0.5) is 10.2 Å². The average molecular weight is 244 g/mol. The van der Waals surface area contributed by atoms with Crippen LogP contribution in [0.5, 0.6) is 0 Å².